The van der Waals surface area contributed by atoms with Gasteiger partial charge in [-0.1, -0.05) is 18.2 Å². The molecule has 0 saturated heterocycles. The first kappa shape index (κ1) is 14.1. The van der Waals surface area contributed by atoms with E-state index in [1.807, 2.05) is 6.07 Å². The molecule has 1 aromatic heterocycles. The smallest absolute Gasteiger partial charge is 0.292 e. The Hall–Kier alpha value is -1.86. The monoisotopic (exact) mass is 368 g/mol. The fourth-order valence-electron chi connectivity index (χ4n) is 1.86. The van der Waals surface area contributed by atoms with Crippen LogP contribution in [0.4, 0.5) is 8.78 Å². The number of benzene rings is 2. The summed E-state index contributed by atoms with van der Waals surface area (Å²) >= 11 is 8.43. The molecule has 0 unspecified atom stereocenters. The minimum atomic E-state index is -0.759. The summed E-state index contributed by atoms with van der Waals surface area (Å²) in [4.78, 5) is -0.000414. The summed E-state index contributed by atoms with van der Waals surface area (Å²) in [5, 5.41) is 4.07. The van der Waals surface area contributed by atoms with E-state index in [0.717, 1.165) is 16.6 Å². The molecule has 0 atom stereocenters. The first-order chi connectivity index (χ1) is 10.1. The molecule has 0 bridgehead atoms. The molecule has 0 radical (unpaired) electrons. The van der Waals surface area contributed by atoms with Crippen LogP contribution in [-0.4, -0.2) is 9.78 Å². The van der Waals surface area contributed by atoms with Gasteiger partial charge in [0.05, 0.1) is 5.69 Å². The SMILES string of the molecule is Fc1cccc(F)c1-c1nn(-c2ccccc2Br)c(=S)o1. The summed E-state index contributed by atoms with van der Waals surface area (Å²) in [6, 6.07) is 10.7. The number of hydrogen-bond acceptors (Lipinski definition) is 3. The Bertz CT molecular complexity index is 855. The third-order valence-corrected chi connectivity index (χ3v) is 3.73. The van der Waals surface area contributed by atoms with Crippen LogP contribution >= 0.6 is 28.1 Å². The number of aromatic nitrogens is 2. The highest BCUT2D eigenvalue weighted by Crippen LogP contribution is 2.27. The van der Waals surface area contributed by atoms with Gasteiger partial charge in [-0.15, -0.1) is 5.10 Å². The molecule has 0 saturated carbocycles. The molecule has 0 aliphatic rings. The zero-order valence-electron chi connectivity index (χ0n) is 10.4. The Morgan fingerprint density at radius 1 is 1.05 bits per heavy atom. The number of para-hydroxylation sites is 1. The quantitative estimate of drug-likeness (QED) is 0.602. The number of halogens is 3. The second-order valence-electron chi connectivity index (χ2n) is 4.13. The van der Waals surface area contributed by atoms with Gasteiger partial charge in [-0.2, -0.15) is 4.68 Å². The van der Waals surface area contributed by atoms with Gasteiger partial charge in [-0.25, -0.2) is 8.78 Å². The molecule has 3 nitrogen and oxygen atoms in total. The maximum atomic E-state index is 13.8. The Morgan fingerprint density at radius 2 is 1.71 bits per heavy atom. The summed E-state index contributed by atoms with van der Waals surface area (Å²) in [6.45, 7) is 0. The average Bonchev–Trinajstić information content (AvgIpc) is 2.81. The molecule has 106 valence electrons. The second kappa shape index (κ2) is 5.50. The van der Waals surface area contributed by atoms with Crippen molar-refractivity contribution in [3.05, 3.63) is 63.4 Å². The van der Waals surface area contributed by atoms with Gasteiger partial charge in [0, 0.05) is 4.47 Å². The van der Waals surface area contributed by atoms with Gasteiger partial charge in [0.2, 0.25) is 0 Å². The van der Waals surface area contributed by atoms with Crippen LogP contribution < -0.4 is 0 Å². The van der Waals surface area contributed by atoms with Crippen LogP contribution in [0.5, 0.6) is 0 Å². The molecule has 3 aromatic rings. The summed E-state index contributed by atoms with van der Waals surface area (Å²) in [5.41, 5.74) is 0.281. The standard InChI is InChI=1S/C14H7BrF2N2OS/c15-8-4-1-2-7-11(8)19-14(21)20-13(18-19)12-9(16)5-3-6-10(12)17/h1-7H. The molecule has 21 heavy (non-hydrogen) atoms. The van der Waals surface area contributed by atoms with Crippen LogP contribution in [0.15, 0.2) is 51.4 Å². The molecule has 0 amide bonds. The largest absolute Gasteiger partial charge is 0.409 e. The summed E-state index contributed by atoms with van der Waals surface area (Å²) in [6.07, 6.45) is 0. The Labute approximate surface area is 132 Å². The van der Waals surface area contributed by atoms with Gasteiger partial charge in [0.25, 0.3) is 10.7 Å². The van der Waals surface area contributed by atoms with Crippen LogP contribution in [0.25, 0.3) is 17.1 Å². The fourth-order valence-corrected chi connectivity index (χ4v) is 2.53. The van der Waals surface area contributed by atoms with Crippen molar-refractivity contribution in [2.75, 3.05) is 0 Å². The van der Waals surface area contributed by atoms with E-state index in [-0.39, 0.29) is 16.3 Å². The number of rotatable bonds is 2. The van der Waals surface area contributed by atoms with Crippen molar-refractivity contribution in [1.29, 1.82) is 0 Å². The normalized spacial score (nSPS) is 10.8. The topological polar surface area (TPSA) is 31.0 Å². The van der Waals surface area contributed by atoms with E-state index in [1.165, 1.54) is 10.7 Å². The maximum Gasteiger partial charge on any atom is 0.292 e. The van der Waals surface area contributed by atoms with E-state index in [0.29, 0.717) is 5.69 Å². The third kappa shape index (κ3) is 2.54. The number of hydrogen-bond donors (Lipinski definition) is 0. The highest BCUT2D eigenvalue weighted by molar-refractivity contribution is 9.10. The molecule has 0 N–H and O–H groups in total. The lowest BCUT2D eigenvalue weighted by molar-refractivity contribution is 0.525. The van der Waals surface area contributed by atoms with Gasteiger partial charge >= 0.3 is 0 Å². The predicted octanol–water partition coefficient (Wildman–Crippen LogP) is 4.90. The molecule has 1 heterocycles. The summed E-state index contributed by atoms with van der Waals surface area (Å²) in [5.74, 6) is -1.72. The minimum Gasteiger partial charge on any atom is -0.409 e. The zero-order chi connectivity index (χ0) is 15.0. The molecule has 0 spiro atoms. The van der Waals surface area contributed by atoms with Crippen molar-refractivity contribution >= 4 is 28.1 Å². The number of nitrogens with zero attached hydrogens (tertiary/aromatic N) is 2. The summed E-state index contributed by atoms with van der Waals surface area (Å²) in [7, 11) is 0. The van der Waals surface area contributed by atoms with E-state index in [2.05, 4.69) is 21.0 Å². The molecule has 7 heteroatoms. The zero-order valence-corrected chi connectivity index (χ0v) is 12.8. The Kier molecular flexibility index (Phi) is 3.69. The first-order valence-electron chi connectivity index (χ1n) is 5.87. The lowest BCUT2D eigenvalue weighted by Crippen LogP contribution is -1.98. The van der Waals surface area contributed by atoms with Gasteiger partial charge in [-0.3, -0.25) is 0 Å². The molecule has 2 aromatic carbocycles. The first-order valence-corrected chi connectivity index (χ1v) is 7.07. The Balaban J connectivity index is 2.20. The van der Waals surface area contributed by atoms with E-state index >= 15 is 0 Å². The Morgan fingerprint density at radius 3 is 2.38 bits per heavy atom. The molecule has 0 aliphatic heterocycles. The lowest BCUT2D eigenvalue weighted by Gasteiger charge is -2.01. The lowest BCUT2D eigenvalue weighted by atomic mass is 10.2. The predicted molar refractivity (Wildman–Crippen MR) is 79.7 cm³/mol. The highest BCUT2D eigenvalue weighted by Gasteiger charge is 2.18. The van der Waals surface area contributed by atoms with Crippen LogP contribution in [0.2, 0.25) is 0 Å². The van der Waals surface area contributed by atoms with Crippen LogP contribution in [-0.2, 0) is 0 Å². The van der Waals surface area contributed by atoms with Gasteiger partial charge in [0.1, 0.15) is 17.2 Å². The second-order valence-corrected chi connectivity index (χ2v) is 5.34. The van der Waals surface area contributed by atoms with Crippen LogP contribution in [0.1, 0.15) is 0 Å². The van der Waals surface area contributed by atoms with E-state index in [9.17, 15) is 8.78 Å². The third-order valence-electron chi connectivity index (χ3n) is 2.81. The van der Waals surface area contributed by atoms with Crippen molar-refractivity contribution < 1.29 is 13.2 Å². The van der Waals surface area contributed by atoms with Crippen LogP contribution in [0, 0.1) is 16.5 Å². The fraction of sp³-hybridized carbons (Fsp3) is 0. The molecule has 3 rings (SSSR count). The van der Waals surface area contributed by atoms with Gasteiger partial charge in [0.15, 0.2) is 0 Å². The average molecular weight is 369 g/mol. The highest BCUT2D eigenvalue weighted by atomic mass is 79.9. The molecular weight excluding hydrogens is 362 g/mol. The maximum absolute atomic E-state index is 13.8. The van der Waals surface area contributed by atoms with Gasteiger partial charge < -0.3 is 4.42 Å². The van der Waals surface area contributed by atoms with Crippen molar-refractivity contribution in [1.82, 2.24) is 9.78 Å². The van der Waals surface area contributed by atoms with Crippen molar-refractivity contribution in [3.63, 3.8) is 0 Å². The molecular formula is C14H7BrF2N2OS. The van der Waals surface area contributed by atoms with Crippen molar-refractivity contribution in [2.45, 2.75) is 0 Å². The van der Waals surface area contributed by atoms with E-state index in [4.69, 9.17) is 16.6 Å². The van der Waals surface area contributed by atoms with E-state index < -0.39 is 11.6 Å². The molecule has 0 aliphatic carbocycles. The minimum absolute atomic E-state index is 0.000414. The van der Waals surface area contributed by atoms with Crippen molar-refractivity contribution in [2.24, 2.45) is 0 Å². The molecule has 0 fully saturated rings. The van der Waals surface area contributed by atoms with Crippen molar-refractivity contribution in [3.8, 4) is 17.1 Å². The summed E-state index contributed by atoms with van der Waals surface area (Å²) < 4.78 is 34.8. The van der Waals surface area contributed by atoms with Crippen LogP contribution in [0.3, 0.4) is 0 Å². The van der Waals surface area contributed by atoms with Gasteiger partial charge in [-0.05, 0) is 52.4 Å². The van der Waals surface area contributed by atoms with E-state index in [1.54, 1.807) is 18.2 Å².